The number of rotatable bonds is 11. The Morgan fingerprint density at radius 3 is 2.86 bits per heavy atom. The van der Waals surface area contributed by atoms with Crippen LogP contribution in [-0.2, 0) is 6.54 Å². The molecule has 1 aromatic rings. The second kappa shape index (κ2) is 9.74. The molecule has 0 aliphatic heterocycles. The third-order valence-corrected chi connectivity index (χ3v) is 4.20. The zero-order valence-electron chi connectivity index (χ0n) is 13.3. The minimum absolute atomic E-state index is 0.211. The van der Waals surface area contributed by atoms with Crippen molar-refractivity contribution in [2.24, 2.45) is 5.41 Å². The van der Waals surface area contributed by atoms with E-state index in [1.54, 1.807) is 11.8 Å². The van der Waals surface area contributed by atoms with Crippen molar-refractivity contribution in [3.05, 3.63) is 0 Å². The summed E-state index contributed by atoms with van der Waals surface area (Å²) in [4.78, 5) is 0. The summed E-state index contributed by atoms with van der Waals surface area (Å²) in [5, 5.41) is 25.0. The maximum Gasteiger partial charge on any atom is 0.209 e. The van der Waals surface area contributed by atoms with Crippen molar-refractivity contribution in [3.63, 3.8) is 0 Å². The molecule has 0 atom stereocenters. The molecule has 0 saturated carbocycles. The van der Waals surface area contributed by atoms with Gasteiger partial charge in [0.05, 0.1) is 18.0 Å². The van der Waals surface area contributed by atoms with Gasteiger partial charge in [-0.25, -0.2) is 4.68 Å². The fraction of sp³-hybridized carbons (Fsp3) is 0.857. The van der Waals surface area contributed by atoms with Gasteiger partial charge in [0.2, 0.25) is 5.16 Å². The van der Waals surface area contributed by atoms with Crippen molar-refractivity contribution >= 4 is 11.8 Å². The van der Waals surface area contributed by atoms with Crippen LogP contribution in [0.25, 0.3) is 0 Å². The minimum atomic E-state index is -0.211. The Morgan fingerprint density at radius 2 is 2.14 bits per heavy atom. The van der Waals surface area contributed by atoms with E-state index in [0.717, 1.165) is 56.2 Å². The standard InChI is InChI=1S/C14H26N6S/c1-4-8-16-9-10-20-13(17-18-19-20)21-11-6-5-7-14(2,3)12-15/h16H,4-11H2,1-3H3. The molecule has 0 aromatic carbocycles. The molecule has 118 valence electrons. The molecule has 0 aliphatic rings. The van der Waals surface area contributed by atoms with Gasteiger partial charge in [-0.2, -0.15) is 5.26 Å². The first-order valence-corrected chi connectivity index (χ1v) is 8.58. The fourth-order valence-electron chi connectivity index (χ4n) is 1.82. The van der Waals surface area contributed by atoms with Crippen LogP contribution in [0.5, 0.6) is 0 Å². The number of thioether (sulfide) groups is 1. The monoisotopic (exact) mass is 310 g/mol. The number of unbranched alkanes of at least 4 members (excludes halogenated alkanes) is 1. The van der Waals surface area contributed by atoms with Gasteiger partial charge in [-0.1, -0.05) is 25.1 Å². The average Bonchev–Trinajstić information content (AvgIpc) is 2.91. The van der Waals surface area contributed by atoms with E-state index in [-0.39, 0.29) is 5.41 Å². The van der Waals surface area contributed by atoms with Crippen LogP contribution in [0.4, 0.5) is 0 Å². The molecule has 0 unspecified atom stereocenters. The molecular formula is C14H26N6S. The van der Waals surface area contributed by atoms with Crippen molar-refractivity contribution < 1.29 is 0 Å². The van der Waals surface area contributed by atoms with Crippen LogP contribution < -0.4 is 5.32 Å². The smallest absolute Gasteiger partial charge is 0.209 e. The average molecular weight is 310 g/mol. The zero-order chi connectivity index (χ0) is 15.6. The van der Waals surface area contributed by atoms with Gasteiger partial charge in [0, 0.05) is 12.3 Å². The second-order valence-electron chi connectivity index (χ2n) is 5.74. The van der Waals surface area contributed by atoms with Gasteiger partial charge in [-0.3, -0.25) is 0 Å². The number of tetrazole rings is 1. The third-order valence-electron chi connectivity index (χ3n) is 3.16. The third kappa shape index (κ3) is 7.44. The summed E-state index contributed by atoms with van der Waals surface area (Å²) < 4.78 is 1.85. The van der Waals surface area contributed by atoms with Gasteiger partial charge in [0.25, 0.3) is 0 Å². The first-order valence-electron chi connectivity index (χ1n) is 7.60. The largest absolute Gasteiger partial charge is 0.315 e. The van der Waals surface area contributed by atoms with E-state index < -0.39 is 0 Å². The van der Waals surface area contributed by atoms with E-state index in [1.807, 2.05) is 18.5 Å². The van der Waals surface area contributed by atoms with E-state index in [1.165, 1.54) is 0 Å². The molecule has 7 heteroatoms. The molecule has 0 bridgehead atoms. The Bertz CT molecular complexity index is 437. The molecule has 0 fully saturated rings. The van der Waals surface area contributed by atoms with E-state index in [0.29, 0.717) is 0 Å². The predicted molar refractivity (Wildman–Crippen MR) is 84.9 cm³/mol. The second-order valence-corrected chi connectivity index (χ2v) is 6.80. The van der Waals surface area contributed by atoms with Crippen LogP contribution >= 0.6 is 11.8 Å². The Labute approximate surface area is 131 Å². The molecule has 1 heterocycles. The molecule has 0 aliphatic carbocycles. The summed E-state index contributed by atoms with van der Waals surface area (Å²) in [6.45, 7) is 8.85. The fourth-order valence-corrected chi connectivity index (χ4v) is 2.72. The lowest BCUT2D eigenvalue weighted by molar-refractivity contribution is 0.433. The zero-order valence-corrected chi connectivity index (χ0v) is 14.1. The normalized spacial score (nSPS) is 11.5. The van der Waals surface area contributed by atoms with Gasteiger partial charge in [-0.05, 0) is 50.1 Å². The lowest BCUT2D eigenvalue weighted by Crippen LogP contribution is -2.21. The Hall–Kier alpha value is -1.13. The van der Waals surface area contributed by atoms with Gasteiger partial charge in [0.15, 0.2) is 0 Å². The molecule has 0 saturated heterocycles. The maximum atomic E-state index is 8.97. The van der Waals surface area contributed by atoms with Crippen LogP contribution in [0.3, 0.4) is 0 Å². The quantitative estimate of drug-likeness (QED) is 0.499. The molecule has 0 spiro atoms. The lowest BCUT2D eigenvalue weighted by Gasteiger charge is -2.13. The van der Waals surface area contributed by atoms with E-state index >= 15 is 0 Å². The van der Waals surface area contributed by atoms with Gasteiger partial charge in [-0.15, -0.1) is 5.10 Å². The van der Waals surface area contributed by atoms with Gasteiger partial charge >= 0.3 is 0 Å². The number of aromatic nitrogens is 4. The Balaban J connectivity index is 2.21. The number of nitrogens with one attached hydrogen (secondary N) is 1. The molecule has 1 N–H and O–H groups in total. The van der Waals surface area contributed by atoms with Gasteiger partial charge in [0.1, 0.15) is 0 Å². The van der Waals surface area contributed by atoms with Gasteiger partial charge < -0.3 is 5.32 Å². The summed E-state index contributed by atoms with van der Waals surface area (Å²) >= 11 is 1.69. The highest BCUT2D eigenvalue weighted by molar-refractivity contribution is 7.99. The molecule has 1 rings (SSSR count). The minimum Gasteiger partial charge on any atom is -0.315 e. The van der Waals surface area contributed by atoms with Crippen molar-refractivity contribution in [1.29, 1.82) is 5.26 Å². The van der Waals surface area contributed by atoms with Crippen molar-refractivity contribution in [2.45, 2.75) is 58.2 Å². The van der Waals surface area contributed by atoms with E-state index in [9.17, 15) is 0 Å². The highest BCUT2D eigenvalue weighted by Gasteiger charge is 2.15. The van der Waals surface area contributed by atoms with Crippen molar-refractivity contribution in [1.82, 2.24) is 25.5 Å². The molecule has 1 aromatic heterocycles. The Kier molecular flexibility index (Phi) is 8.31. The first-order chi connectivity index (χ1) is 10.1. The predicted octanol–water partition coefficient (Wildman–Crippen LogP) is 2.48. The molecule has 0 amide bonds. The van der Waals surface area contributed by atoms with Crippen molar-refractivity contribution in [2.75, 3.05) is 18.8 Å². The van der Waals surface area contributed by atoms with Crippen molar-refractivity contribution in [3.8, 4) is 6.07 Å². The van der Waals surface area contributed by atoms with Crippen LogP contribution in [0, 0.1) is 16.7 Å². The summed E-state index contributed by atoms with van der Waals surface area (Å²) in [5.41, 5.74) is -0.211. The number of hydrogen-bond donors (Lipinski definition) is 1. The molecular weight excluding hydrogens is 284 g/mol. The molecule has 6 nitrogen and oxygen atoms in total. The molecule has 0 radical (unpaired) electrons. The number of nitrogens with zero attached hydrogens (tertiary/aromatic N) is 5. The highest BCUT2D eigenvalue weighted by Crippen LogP contribution is 2.23. The summed E-state index contributed by atoms with van der Waals surface area (Å²) in [6.07, 6.45) is 4.22. The summed E-state index contributed by atoms with van der Waals surface area (Å²) in [7, 11) is 0. The van der Waals surface area contributed by atoms with E-state index in [4.69, 9.17) is 5.26 Å². The summed E-state index contributed by atoms with van der Waals surface area (Å²) in [5.74, 6) is 0.990. The number of nitriles is 1. The SMILES string of the molecule is CCCNCCn1nnnc1SCCCCC(C)(C)C#N. The molecule has 21 heavy (non-hydrogen) atoms. The van der Waals surface area contributed by atoms with Crippen LogP contribution in [-0.4, -0.2) is 39.0 Å². The highest BCUT2D eigenvalue weighted by atomic mass is 32.2. The summed E-state index contributed by atoms with van der Waals surface area (Å²) in [6, 6.07) is 2.34. The Morgan fingerprint density at radius 1 is 1.33 bits per heavy atom. The first kappa shape index (κ1) is 17.9. The maximum absolute atomic E-state index is 8.97. The van der Waals surface area contributed by atoms with E-state index in [2.05, 4.69) is 33.8 Å². The van der Waals surface area contributed by atoms with Crippen LogP contribution in [0.15, 0.2) is 5.16 Å². The lowest BCUT2D eigenvalue weighted by atomic mass is 9.89. The number of hydrogen-bond acceptors (Lipinski definition) is 6. The topological polar surface area (TPSA) is 79.4 Å². The van der Waals surface area contributed by atoms with Crippen LogP contribution in [0.2, 0.25) is 0 Å². The van der Waals surface area contributed by atoms with Crippen LogP contribution in [0.1, 0.15) is 46.5 Å².